The van der Waals surface area contributed by atoms with Crippen LogP contribution in [0.1, 0.15) is 24.3 Å². The number of nitrogen functional groups attached to an aromatic ring is 1. The molecule has 4 rings (SSSR count). The number of nitrogens with zero attached hydrogens (tertiary/aromatic N) is 4. The molecular formula is C22H24ClN5OS. The van der Waals surface area contributed by atoms with E-state index in [2.05, 4.69) is 33.9 Å². The molecule has 1 saturated heterocycles. The van der Waals surface area contributed by atoms with Crippen molar-refractivity contribution in [2.75, 3.05) is 18.8 Å². The zero-order chi connectivity index (χ0) is 21.3. The number of hydrogen-bond donors (Lipinski definition) is 1. The lowest BCUT2D eigenvalue weighted by Crippen LogP contribution is -2.59. The number of hydrogen-bond acceptors (Lipinski definition) is 6. The van der Waals surface area contributed by atoms with Crippen LogP contribution in [0.2, 0.25) is 4.34 Å². The lowest BCUT2D eigenvalue weighted by atomic mass is 10.0. The molecule has 1 aromatic carbocycles. The van der Waals surface area contributed by atoms with E-state index in [1.807, 2.05) is 42.2 Å². The molecule has 156 valence electrons. The molecule has 0 radical (unpaired) electrons. The molecular weight excluding hydrogens is 418 g/mol. The summed E-state index contributed by atoms with van der Waals surface area (Å²) in [6, 6.07) is 9.75. The van der Waals surface area contributed by atoms with Crippen LogP contribution in [0.3, 0.4) is 0 Å². The van der Waals surface area contributed by atoms with Crippen molar-refractivity contribution in [2.24, 2.45) is 0 Å². The first kappa shape index (κ1) is 20.8. The van der Waals surface area contributed by atoms with Crippen LogP contribution < -0.4 is 5.73 Å². The number of halogens is 1. The van der Waals surface area contributed by atoms with Gasteiger partial charge in [-0.15, -0.1) is 11.3 Å². The maximum atomic E-state index is 13.1. The third kappa shape index (κ3) is 4.33. The second-order valence-corrected chi connectivity index (χ2v) is 9.35. The van der Waals surface area contributed by atoms with E-state index in [9.17, 15) is 4.79 Å². The predicted octanol–water partition coefficient (Wildman–Crippen LogP) is 4.06. The molecule has 3 aromatic rings. The summed E-state index contributed by atoms with van der Waals surface area (Å²) in [6.45, 7) is 6.19. The van der Waals surface area contributed by atoms with Crippen molar-refractivity contribution in [1.29, 1.82) is 0 Å². The second-order valence-electron chi connectivity index (χ2n) is 7.60. The average molecular weight is 442 g/mol. The Hall–Kier alpha value is -2.48. The highest BCUT2D eigenvalue weighted by atomic mass is 35.5. The Kier molecular flexibility index (Phi) is 6.04. The fraction of sp³-hybridized carbons (Fsp3) is 0.318. The lowest BCUT2D eigenvalue weighted by molar-refractivity contribution is -0.145. The van der Waals surface area contributed by atoms with Crippen molar-refractivity contribution in [2.45, 2.75) is 32.5 Å². The van der Waals surface area contributed by atoms with Crippen LogP contribution in [0, 0.1) is 0 Å². The lowest BCUT2D eigenvalue weighted by Gasteiger charge is -2.43. The Morgan fingerprint density at radius 2 is 2.10 bits per heavy atom. The molecule has 1 aliphatic rings. The fourth-order valence-electron chi connectivity index (χ4n) is 3.82. The van der Waals surface area contributed by atoms with Crippen LogP contribution in [0.15, 0.2) is 42.7 Å². The first-order valence-corrected chi connectivity index (χ1v) is 11.1. The van der Waals surface area contributed by atoms with Gasteiger partial charge in [-0.25, -0.2) is 9.97 Å². The molecule has 1 aliphatic heterocycles. The van der Waals surface area contributed by atoms with Gasteiger partial charge < -0.3 is 10.6 Å². The summed E-state index contributed by atoms with van der Waals surface area (Å²) in [6.07, 6.45) is 5.63. The van der Waals surface area contributed by atoms with E-state index in [1.165, 1.54) is 6.33 Å². The number of piperazine rings is 1. The third-order valence-electron chi connectivity index (χ3n) is 5.52. The Morgan fingerprint density at radius 3 is 2.87 bits per heavy atom. The van der Waals surface area contributed by atoms with Gasteiger partial charge in [0.1, 0.15) is 12.1 Å². The maximum Gasteiger partial charge on any atom is 0.240 e. The molecule has 1 amide bonds. The van der Waals surface area contributed by atoms with Crippen molar-refractivity contribution in [1.82, 2.24) is 19.8 Å². The van der Waals surface area contributed by atoms with Gasteiger partial charge in [0, 0.05) is 35.9 Å². The summed E-state index contributed by atoms with van der Waals surface area (Å²) in [5, 5.41) is 0.831. The number of fused-ring (bicyclic) bond motifs is 1. The normalized spacial score (nSPS) is 20.5. The molecule has 2 atom stereocenters. The quantitative estimate of drug-likeness (QED) is 0.646. The van der Waals surface area contributed by atoms with Gasteiger partial charge in [-0.1, -0.05) is 23.7 Å². The van der Waals surface area contributed by atoms with Gasteiger partial charge in [-0.05, 0) is 49.8 Å². The van der Waals surface area contributed by atoms with Crippen molar-refractivity contribution >= 4 is 51.6 Å². The number of carbonyl (C=O) groups excluding carboxylic acids is 1. The first-order chi connectivity index (χ1) is 14.4. The molecule has 2 N–H and O–H groups in total. The van der Waals surface area contributed by atoms with Crippen molar-refractivity contribution in [3.63, 3.8) is 0 Å². The SMILES string of the molecule is CC1CN(CC=Cc2ccc(Cl)s2)[C@@H](C)C(=O)N1Cc1ccc2c(N)ncnc2c1. The van der Waals surface area contributed by atoms with Crippen molar-refractivity contribution < 1.29 is 4.79 Å². The van der Waals surface area contributed by atoms with Gasteiger partial charge in [-0.3, -0.25) is 9.69 Å². The standard InChI is InChI=1S/C22H24ClN5OS/c1-14-11-27(9-3-4-17-6-8-20(23)30-17)15(2)22(29)28(14)12-16-5-7-18-19(10-16)25-13-26-21(18)24/h3-8,10,13-15H,9,11-12H2,1-2H3,(H2,24,25,26)/t14?,15-/m0/s1. The average Bonchev–Trinajstić information content (AvgIpc) is 3.14. The zero-order valence-corrected chi connectivity index (χ0v) is 18.5. The largest absolute Gasteiger partial charge is 0.383 e. The van der Waals surface area contributed by atoms with E-state index in [0.29, 0.717) is 12.4 Å². The van der Waals surface area contributed by atoms with Crippen molar-refractivity contribution in [3.8, 4) is 0 Å². The van der Waals surface area contributed by atoms with Gasteiger partial charge in [0.15, 0.2) is 0 Å². The van der Waals surface area contributed by atoms with E-state index in [1.54, 1.807) is 11.3 Å². The van der Waals surface area contributed by atoms with E-state index in [4.69, 9.17) is 17.3 Å². The highest BCUT2D eigenvalue weighted by molar-refractivity contribution is 7.16. The molecule has 1 unspecified atom stereocenters. The highest BCUT2D eigenvalue weighted by Gasteiger charge is 2.35. The van der Waals surface area contributed by atoms with Gasteiger partial charge in [0.2, 0.25) is 5.91 Å². The number of carbonyl (C=O) groups is 1. The van der Waals surface area contributed by atoms with Gasteiger partial charge >= 0.3 is 0 Å². The van der Waals surface area contributed by atoms with Gasteiger partial charge in [0.25, 0.3) is 0 Å². The molecule has 0 aliphatic carbocycles. The van der Waals surface area contributed by atoms with Crippen LogP contribution in [-0.2, 0) is 11.3 Å². The Balaban J connectivity index is 1.44. The minimum absolute atomic E-state index is 0.115. The number of amides is 1. The minimum Gasteiger partial charge on any atom is -0.383 e. The molecule has 2 aromatic heterocycles. The molecule has 3 heterocycles. The topological polar surface area (TPSA) is 75.4 Å². The summed E-state index contributed by atoms with van der Waals surface area (Å²) in [5.74, 6) is 0.611. The second kappa shape index (κ2) is 8.71. The summed E-state index contributed by atoms with van der Waals surface area (Å²) in [5.41, 5.74) is 7.75. The zero-order valence-electron chi connectivity index (χ0n) is 17.0. The number of benzene rings is 1. The number of rotatable bonds is 5. The van der Waals surface area contributed by atoms with E-state index >= 15 is 0 Å². The van der Waals surface area contributed by atoms with Crippen LogP contribution >= 0.6 is 22.9 Å². The van der Waals surface area contributed by atoms with E-state index in [0.717, 1.165) is 38.8 Å². The molecule has 1 fully saturated rings. The maximum absolute atomic E-state index is 13.1. The highest BCUT2D eigenvalue weighted by Crippen LogP contribution is 2.24. The summed E-state index contributed by atoms with van der Waals surface area (Å²) in [7, 11) is 0. The Labute approximate surface area is 185 Å². The van der Waals surface area contributed by atoms with Gasteiger partial charge in [-0.2, -0.15) is 0 Å². The fourth-order valence-corrected chi connectivity index (χ4v) is 4.81. The first-order valence-electron chi connectivity index (χ1n) is 9.88. The monoisotopic (exact) mass is 441 g/mol. The summed E-state index contributed by atoms with van der Waals surface area (Å²) >= 11 is 7.53. The number of thiophene rings is 1. The number of nitrogens with two attached hydrogens (primary N) is 1. The van der Waals surface area contributed by atoms with Crippen LogP contribution in [0.4, 0.5) is 5.82 Å². The van der Waals surface area contributed by atoms with Crippen molar-refractivity contribution in [3.05, 3.63) is 57.5 Å². The number of anilines is 1. The smallest absolute Gasteiger partial charge is 0.240 e. The predicted molar refractivity (Wildman–Crippen MR) is 123 cm³/mol. The van der Waals surface area contributed by atoms with Crippen LogP contribution in [-0.4, -0.2) is 50.8 Å². The van der Waals surface area contributed by atoms with Crippen LogP contribution in [0.25, 0.3) is 17.0 Å². The molecule has 0 spiro atoms. The molecule has 6 nitrogen and oxygen atoms in total. The minimum atomic E-state index is -0.170. The molecule has 30 heavy (non-hydrogen) atoms. The molecule has 0 saturated carbocycles. The van der Waals surface area contributed by atoms with E-state index < -0.39 is 0 Å². The van der Waals surface area contributed by atoms with Crippen LogP contribution in [0.5, 0.6) is 0 Å². The number of aromatic nitrogens is 2. The Morgan fingerprint density at radius 1 is 1.27 bits per heavy atom. The summed E-state index contributed by atoms with van der Waals surface area (Å²) in [4.78, 5) is 26.7. The molecule has 0 bridgehead atoms. The molecule has 8 heteroatoms. The third-order valence-corrected chi connectivity index (χ3v) is 6.72. The Bertz CT molecular complexity index is 1100. The summed E-state index contributed by atoms with van der Waals surface area (Å²) < 4.78 is 0.781. The van der Waals surface area contributed by atoms with E-state index in [-0.39, 0.29) is 18.0 Å². The van der Waals surface area contributed by atoms with Gasteiger partial charge in [0.05, 0.1) is 15.9 Å².